The lowest BCUT2D eigenvalue weighted by atomic mass is 10.2. The summed E-state index contributed by atoms with van der Waals surface area (Å²) in [4.78, 5) is 4.08. The lowest BCUT2D eigenvalue weighted by Crippen LogP contribution is -2.31. The fraction of sp³-hybridized carbons (Fsp3) is 0.600. The lowest BCUT2D eigenvalue weighted by molar-refractivity contribution is 0.278. The van der Waals surface area contributed by atoms with Crippen LogP contribution in [0.4, 0.5) is 0 Å². The maximum Gasteiger partial charge on any atom is 0.0334 e. The first-order valence-electron chi connectivity index (χ1n) is 6.98. The molecule has 1 N–H and O–H groups in total. The molecule has 0 amide bonds. The molecule has 1 aromatic rings. The van der Waals surface area contributed by atoms with Crippen molar-refractivity contribution in [2.75, 3.05) is 13.1 Å². The molecule has 0 unspecified atom stereocenters. The first-order valence-corrected chi connectivity index (χ1v) is 7.85. The molecule has 98 valence electrons. The third-order valence-electron chi connectivity index (χ3n) is 3.65. The summed E-state index contributed by atoms with van der Waals surface area (Å²) in [5, 5.41) is 5.73. The van der Waals surface area contributed by atoms with Gasteiger partial charge >= 0.3 is 0 Å². The van der Waals surface area contributed by atoms with Gasteiger partial charge in [0.1, 0.15) is 0 Å². The van der Waals surface area contributed by atoms with Gasteiger partial charge in [-0.05, 0) is 42.7 Å². The van der Waals surface area contributed by atoms with Crippen molar-refractivity contribution in [2.24, 2.45) is 0 Å². The Labute approximate surface area is 114 Å². The Kier molecular flexibility index (Phi) is 3.83. The predicted octanol–water partition coefficient (Wildman–Crippen LogP) is 3.02. The second kappa shape index (κ2) is 5.55. The van der Waals surface area contributed by atoms with Gasteiger partial charge in [0.2, 0.25) is 0 Å². The van der Waals surface area contributed by atoms with Crippen LogP contribution in [0.1, 0.15) is 30.6 Å². The van der Waals surface area contributed by atoms with Gasteiger partial charge in [-0.1, -0.05) is 12.6 Å². The van der Waals surface area contributed by atoms with Crippen molar-refractivity contribution in [1.29, 1.82) is 0 Å². The van der Waals surface area contributed by atoms with E-state index in [1.807, 2.05) is 11.3 Å². The molecule has 2 saturated carbocycles. The zero-order valence-corrected chi connectivity index (χ0v) is 11.7. The van der Waals surface area contributed by atoms with Crippen LogP contribution in [0.15, 0.2) is 29.7 Å². The normalized spacial score (nSPS) is 19.4. The van der Waals surface area contributed by atoms with E-state index in [1.54, 1.807) is 0 Å². The topological polar surface area (TPSA) is 15.3 Å². The summed E-state index contributed by atoms with van der Waals surface area (Å²) in [5.41, 5.74) is 1.34. The fourth-order valence-electron chi connectivity index (χ4n) is 2.28. The van der Waals surface area contributed by atoms with E-state index in [4.69, 9.17) is 0 Å². The number of nitrogens with one attached hydrogen (secondary N) is 1. The highest BCUT2D eigenvalue weighted by Crippen LogP contribution is 2.29. The van der Waals surface area contributed by atoms with E-state index in [1.165, 1.54) is 36.1 Å². The molecular formula is C15H22N2S. The Bertz CT molecular complexity index is 391. The number of thiophene rings is 1. The van der Waals surface area contributed by atoms with Gasteiger partial charge in [0.25, 0.3) is 0 Å². The molecular weight excluding hydrogens is 240 g/mol. The summed E-state index contributed by atoms with van der Waals surface area (Å²) in [6.07, 6.45) is 5.45. The van der Waals surface area contributed by atoms with Gasteiger partial charge in [-0.2, -0.15) is 0 Å². The minimum atomic E-state index is 0.786. The van der Waals surface area contributed by atoms with Crippen LogP contribution in [-0.4, -0.2) is 30.1 Å². The minimum absolute atomic E-state index is 0.786. The van der Waals surface area contributed by atoms with Crippen LogP contribution in [-0.2, 0) is 6.54 Å². The average molecular weight is 262 g/mol. The van der Waals surface area contributed by atoms with E-state index in [-0.39, 0.29) is 0 Å². The number of nitrogens with zero attached hydrogens (tertiary/aromatic N) is 1. The summed E-state index contributed by atoms with van der Waals surface area (Å²) >= 11 is 1.86. The van der Waals surface area contributed by atoms with Gasteiger partial charge in [0.05, 0.1) is 0 Å². The highest BCUT2D eigenvalue weighted by Gasteiger charge is 2.29. The molecule has 18 heavy (non-hydrogen) atoms. The second-order valence-electron chi connectivity index (χ2n) is 5.62. The van der Waals surface area contributed by atoms with Crippen LogP contribution in [0.2, 0.25) is 0 Å². The number of rotatable bonds is 8. The molecule has 1 heterocycles. The van der Waals surface area contributed by atoms with E-state index >= 15 is 0 Å². The Morgan fingerprint density at radius 3 is 2.83 bits per heavy atom. The average Bonchev–Trinajstić information content (AvgIpc) is 3.27. The smallest absolute Gasteiger partial charge is 0.0334 e. The molecule has 0 saturated heterocycles. The monoisotopic (exact) mass is 262 g/mol. The Morgan fingerprint density at radius 1 is 1.39 bits per heavy atom. The Balaban J connectivity index is 1.48. The van der Waals surface area contributed by atoms with E-state index in [0.717, 1.165) is 31.7 Å². The van der Waals surface area contributed by atoms with Crippen molar-refractivity contribution in [3.63, 3.8) is 0 Å². The van der Waals surface area contributed by atoms with Gasteiger partial charge in [0, 0.05) is 36.6 Å². The molecule has 3 rings (SSSR count). The third-order valence-corrected chi connectivity index (χ3v) is 4.51. The second-order valence-corrected chi connectivity index (χ2v) is 6.65. The van der Waals surface area contributed by atoms with E-state index in [0.29, 0.717) is 0 Å². The van der Waals surface area contributed by atoms with Gasteiger partial charge in [-0.3, -0.25) is 4.90 Å². The van der Waals surface area contributed by atoms with Crippen molar-refractivity contribution in [2.45, 2.75) is 44.3 Å². The Morgan fingerprint density at radius 2 is 2.22 bits per heavy atom. The van der Waals surface area contributed by atoms with Gasteiger partial charge in [-0.15, -0.1) is 11.3 Å². The maximum absolute atomic E-state index is 4.23. The molecule has 0 radical (unpaired) electrons. The summed E-state index contributed by atoms with van der Waals surface area (Å²) in [7, 11) is 0. The van der Waals surface area contributed by atoms with Gasteiger partial charge in [0.15, 0.2) is 0 Å². The Hall–Kier alpha value is -0.640. The molecule has 1 aromatic heterocycles. The first-order chi connectivity index (χ1) is 8.81. The van der Waals surface area contributed by atoms with Crippen molar-refractivity contribution in [3.05, 3.63) is 34.5 Å². The highest BCUT2D eigenvalue weighted by atomic mass is 32.1. The van der Waals surface area contributed by atoms with Crippen LogP contribution in [0.3, 0.4) is 0 Å². The van der Waals surface area contributed by atoms with Crippen LogP contribution in [0, 0.1) is 0 Å². The van der Waals surface area contributed by atoms with Crippen LogP contribution in [0.25, 0.3) is 0 Å². The molecule has 3 heteroatoms. The van der Waals surface area contributed by atoms with Crippen molar-refractivity contribution < 1.29 is 0 Å². The van der Waals surface area contributed by atoms with Crippen LogP contribution < -0.4 is 5.32 Å². The summed E-state index contributed by atoms with van der Waals surface area (Å²) < 4.78 is 0. The van der Waals surface area contributed by atoms with Crippen LogP contribution in [0.5, 0.6) is 0 Å². The zero-order chi connectivity index (χ0) is 12.4. The van der Waals surface area contributed by atoms with E-state index in [2.05, 4.69) is 34.3 Å². The predicted molar refractivity (Wildman–Crippen MR) is 77.9 cm³/mol. The van der Waals surface area contributed by atoms with E-state index in [9.17, 15) is 0 Å². The molecule has 0 bridgehead atoms. The standard InChI is InChI=1S/C15H22N2S/c1-12(9-16-13-4-5-13)10-17(14-6-7-14)11-15-3-2-8-18-15/h2-3,8,13-14,16H,1,4-7,9-11H2. The molecule has 2 aliphatic carbocycles. The molecule has 2 fully saturated rings. The molecule has 0 aromatic carbocycles. The first kappa shape index (κ1) is 12.4. The van der Waals surface area contributed by atoms with Gasteiger partial charge in [-0.25, -0.2) is 0 Å². The molecule has 2 nitrogen and oxygen atoms in total. The number of hydrogen-bond acceptors (Lipinski definition) is 3. The fourth-order valence-corrected chi connectivity index (χ4v) is 3.01. The molecule has 0 atom stereocenters. The summed E-state index contributed by atoms with van der Waals surface area (Å²) in [6, 6.07) is 5.98. The van der Waals surface area contributed by atoms with Crippen molar-refractivity contribution in [1.82, 2.24) is 10.2 Å². The van der Waals surface area contributed by atoms with Crippen molar-refractivity contribution >= 4 is 11.3 Å². The number of hydrogen-bond donors (Lipinski definition) is 1. The SMILES string of the molecule is C=C(CNC1CC1)CN(Cc1cccs1)C1CC1. The van der Waals surface area contributed by atoms with Gasteiger partial charge < -0.3 is 5.32 Å². The lowest BCUT2D eigenvalue weighted by Gasteiger charge is -2.22. The van der Waals surface area contributed by atoms with Crippen molar-refractivity contribution in [3.8, 4) is 0 Å². The maximum atomic E-state index is 4.23. The molecule has 0 spiro atoms. The zero-order valence-electron chi connectivity index (χ0n) is 10.9. The summed E-state index contributed by atoms with van der Waals surface area (Å²) in [6.45, 7) is 7.39. The molecule has 0 aliphatic heterocycles. The summed E-state index contributed by atoms with van der Waals surface area (Å²) in [5.74, 6) is 0. The molecule has 2 aliphatic rings. The van der Waals surface area contributed by atoms with Crippen LogP contribution >= 0.6 is 11.3 Å². The van der Waals surface area contributed by atoms with E-state index < -0.39 is 0 Å². The highest BCUT2D eigenvalue weighted by molar-refractivity contribution is 7.09. The minimum Gasteiger partial charge on any atom is -0.310 e. The quantitative estimate of drug-likeness (QED) is 0.725. The third kappa shape index (κ3) is 3.67. The largest absolute Gasteiger partial charge is 0.310 e.